The number of carbonyl (C=O) groups excluding carboxylic acids is 3. The van der Waals surface area contributed by atoms with E-state index in [9.17, 15) is 14.4 Å². The molecule has 0 rings (SSSR count). The van der Waals surface area contributed by atoms with Crippen LogP contribution in [0.4, 0.5) is 0 Å². The van der Waals surface area contributed by atoms with Gasteiger partial charge in [0, 0.05) is 13.3 Å². The van der Waals surface area contributed by atoms with Gasteiger partial charge in [-0.05, 0) is 19.4 Å². The lowest BCUT2D eigenvalue weighted by molar-refractivity contribution is -0.156. The van der Waals surface area contributed by atoms with Crippen molar-refractivity contribution in [3.05, 3.63) is 12.2 Å². The second kappa shape index (κ2) is 7.62. The molecule has 0 N–H and O–H groups in total. The third-order valence-electron chi connectivity index (χ3n) is 1.76. The molecular formula is C11H17NO4. The summed E-state index contributed by atoms with van der Waals surface area (Å²) in [5.41, 5.74) is 0. The zero-order valence-corrected chi connectivity index (χ0v) is 9.86. The lowest BCUT2D eigenvalue weighted by atomic mass is 10.3. The van der Waals surface area contributed by atoms with Crippen LogP contribution in [0.25, 0.3) is 0 Å². The van der Waals surface area contributed by atoms with Gasteiger partial charge in [0.05, 0.1) is 0 Å². The predicted molar refractivity (Wildman–Crippen MR) is 58.2 cm³/mol. The van der Waals surface area contributed by atoms with Crippen LogP contribution in [0.2, 0.25) is 0 Å². The highest BCUT2D eigenvalue weighted by atomic mass is 16.5. The van der Waals surface area contributed by atoms with Crippen molar-refractivity contribution in [3.8, 4) is 0 Å². The summed E-state index contributed by atoms with van der Waals surface area (Å²) in [6.07, 6.45) is 3.71. The number of rotatable bonds is 5. The molecule has 16 heavy (non-hydrogen) atoms. The third-order valence-corrected chi connectivity index (χ3v) is 1.76. The molecule has 0 aromatic rings. The van der Waals surface area contributed by atoms with Crippen molar-refractivity contribution in [2.24, 2.45) is 0 Å². The summed E-state index contributed by atoms with van der Waals surface area (Å²) in [7, 11) is 0. The minimum absolute atomic E-state index is 0.281. The highest BCUT2D eigenvalue weighted by Crippen LogP contribution is 1.97. The van der Waals surface area contributed by atoms with Crippen LogP contribution in [0.5, 0.6) is 0 Å². The van der Waals surface area contributed by atoms with Gasteiger partial charge in [-0.25, -0.2) is 4.90 Å². The molecule has 0 aliphatic carbocycles. The average Bonchev–Trinajstić information content (AvgIpc) is 2.18. The predicted octanol–water partition coefficient (Wildman–Crippen LogP) is 1.24. The molecule has 0 atom stereocenters. The number of carbonyl (C=O) groups is 3. The Balaban J connectivity index is 4.30. The van der Waals surface area contributed by atoms with Gasteiger partial charge in [0.15, 0.2) is 6.73 Å². The van der Waals surface area contributed by atoms with E-state index in [0.29, 0.717) is 6.42 Å². The first-order chi connectivity index (χ1) is 7.52. The van der Waals surface area contributed by atoms with Gasteiger partial charge < -0.3 is 4.74 Å². The van der Waals surface area contributed by atoms with Gasteiger partial charge >= 0.3 is 5.97 Å². The Labute approximate surface area is 95.1 Å². The first-order valence-corrected chi connectivity index (χ1v) is 5.13. The Hall–Kier alpha value is -1.65. The van der Waals surface area contributed by atoms with E-state index >= 15 is 0 Å². The Morgan fingerprint density at radius 3 is 2.38 bits per heavy atom. The van der Waals surface area contributed by atoms with E-state index in [-0.39, 0.29) is 13.2 Å². The molecule has 0 aliphatic rings. The number of allylic oxidation sites excluding steroid dienone is 1. The molecule has 0 aromatic carbocycles. The van der Waals surface area contributed by atoms with E-state index in [0.717, 1.165) is 4.90 Å². The first-order valence-electron chi connectivity index (χ1n) is 5.13. The summed E-state index contributed by atoms with van der Waals surface area (Å²) < 4.78 is 4.78. The number of nitrogens with zero attached hydrogens (tertiary/aromatic N) is 1. The molecular weight excluding hydrogens is 210 g/mol. The van der Waals surface area contributed by atoms with Crippen molar-refractivity contribution in [3.63, 3.8) is 0 Å². The van der Waals surface area contributed by atoms with Crippen molar-refractivity contribution in [2.75, 3.05) is 6.73 Å². The Morgan fingerprint density at radius 1 is 1.31 bits per heavy atom. The fourth-order valence-corrected chi connectivity index (χ4v) is 0.955. The Kier molecular flexibility index (Phi) is 6.83. The highest BCUT2D eigenvalue weighted by Gasteiger charge is 2.16. The van der Waals surface area contributed by atoms with Gasteiger partial charge in [-0.2, -0.15) is 0 Å². The lowest BCUT2D eigenvalue weighted by Gasteiger charge is -2.16. The zero-order chi connectivity index (χ0) is 12.6. The average molecular weight is 227 g/mol. The van der Waals surface area contributed by atoms with Gasteiger partial charge in [0.2, 0.25) is 5.91 Å². The van der Waals surface area contributed by atoms with Crippen LogP contribution >= 0.6 is 0 Å². The van der Waals surface area contributed by atoms with Crippen LogP contribution < -0.4 is 0 Å². The highest BCUT2D eigenvalue weighted by molar-refractivity contribution is 6.00. The van der Waals surface area contributed by atoms with E-state index in [1.54, 1.807) is 6.92 Å². The number of amides is 2. The standard InChI is InChI=1S/C11H17NO4/c1-4-6-10(14)12(9(3)13)8-16-11(15)7-5-2/h4,6H,5,7-8H2,1-3H3/b6-4-. The topological polar surface area (TPSA) is 63.7 Å². The molecule has 0 saturated heterocycles. The molecule has 2 amide bonds. The third kappa shape index (κ3) is 5.29. The zero-order valence-electron chi connectivity index (χ0n) is 9.86. The fraction of sp³-hybridized carbons (Fsp3) is 0.545. The van der Waals surface area contributed by atoms with E-state index in [4.69, 9.17) is 4.74 Å². The summed E-state index contributed by atoms with van der Waals surface area (Å²) in [5.74, 6) is -1.35. The Bertz CT molecular complexity index is 296. The van der Waals surface area contributed by atoms with Gasteiger partial charge in [-0.15, -0.1) is 0 Å². The fourth-order valence-electron chi connectivity index (χ4n) is 0.955. The molecule has 90 valence electrons. The molecule has 0 heterocycles. The van der Waals surface area contributed by atoms with Crippen molar-refractivity contribution < 1.29 is 19.1 Å². The van der Waals surface area contributed by atoms with Crippen molar-refractivity contribution in [1.29, 1.82) is 0 Å². The molecule has 0 fully saturated rings. The molecule has 0 aliphatic heterocycles. The van der Waals surface area contributed by atoms with Gasteiger partial charge in [-0.3, -0.25) is 14.4 Å². The Morgan fingerprint density at radius 2 is 1.94 bits per heavy atom. The summed E-state index contributed by atoms with van der Waals surface area (Å²) in [6, 6.07) is 0. The number of esters is 1. The number of imide groups is 1. The van der Waals surface area contributed by atoms with Crippen molar-refractivity contribution in [1.82, 2.24) is 4.90 Å². The maximum absolute atomic E-state index is 11.4. The van der Waals surface area contributed by atoms with Crippen molar-refractivity contribution >= 4 is 17.8 Å². The molecule has 0 bridgehead atoms. The minimum atomic E-state index is -0.487. The summed E-state index contributed by atoms with van der Waals surface area (Å²) in [5, 5.41) is 0. The number of hydrogen-bond donors (Lipinski definition) is 0. The van der Waals surface area contributed by atoms with Crippen LogP contribution in [0.15, 0.2) is 12.2 Å². The first kappa shape index (κ1) is 14.3. The molecule has 0 aromatic heterocycles. The van der Waals surface area contributed by atoms with E-state index in [1.807, 2.05) is 6.92 Å². The molecule has 0 radical (unpaired) electrons. The number of ether oxygens (including phenoxy) is 1. The second-order valence-electron chi connectivity index (χ2n) is 3.18. The SMILES string of the molecule is C/C=C\C(=O)N(COC(=O)CCC)C(C)=O. The van der Waals surface area contributed by atoms with Crippen LogP contribution in [-0.4, -0.2) is 29.4 Å². The van der Waals surface area contributed by atoms with Crippen LogP contribution in [-0.2, 0) is 19.1 Å². The summed E-state index contributed by atoms with van der Waals surface area (Å²) >= 11 is 0. The van der Waals surface area contributed by atoms with Crippen molar-refractivity contribution in [2.45, 2.75) is 33.6 Å². The van der Waals surface area contributed by atoms with E-state index in [1.165, 1.54) is 19.1 Å². The summed E-state index contributed by atoms with van der Waals surface area (Å²) in [4.78, 5) is 34.4. The second-order valence-corrected chi connectivity index (χ2v) is 3.18. The molecule has 5 heteroatoms. The van der Waals surface area contributed by atoms with Crippen LogP contribution in [0.1, 0.15) is 33.6 Å². The van der Waals surface area contributed by atoms with Gasteiger partial charge in [-0.1, -0.05) is 13.0 Å². The normalized spacial score (nSPS) is 10.2. The summed E-state index contributed by atoms with van der Waals surface area (Å²) in [6.45, 7) is 4.43. The van der Waals surface area contributed by atoms with Gasteiger partial charge in [0.1, 0.15) is 0 Å². The minimum Gasteiger partial charge on any atom is -0.444 e. The molecule has 0 unspecified atom stereocenters. The van der Waals surface area contributed by atoms with E-state index < -0.39 is 17.8 Å². The largest absolute Gasteiger partial charge is 0.444 e. The number of hydrogen-bond acceptors (Lipinski definition) is 4. The molecule has 0 spiro atoms. The van der Waals surface area contributed by atoms with Crippen LogP contribution in [0, 0.1) is 0 Å². The van der Waals surface area contributed by atoms with E-state index in [2.05, 4.69) is 0 Å². The maximum Gasteiger partial charge on any atom is 0.307 e. The van der Waals surface area contributed by atoms with Crippen LogP contribution in [0.3, 0.4) is 0 Å². The quantitative estimate of drug-likeness (QED) is 0.402. The molecule has 5 nitrogen and oxygen atoms in total. The van der Waals surface area contributed by atoms with Gasteiger partial charge in [0.25, 0.3) is 5.91 Å². The smallest absolute Gasteiger partial charge is 0.307 e. The lowest BCUT2D eigenvalue weighted by Crippen LogP contribution is -2.36. The maximum atomic E-state index is 11.4. The monoisotopic (exact) mass is 227 g/mol. The molecule has 0 saturated carbocycles.